The Bertz CT molecular complexity index is 1290. The summed E-state index contributed by atoms with van der Waals surface area (Å²) in [7, 11) is -3.66. The zero-order valence-corrected chi connectivity index (χ0v) is 20.6. The van der Waals surface area contributed by atoms with Crippen LogP contribution in [0, 0.1) is 17.5 Å². The molecule has 1 aliphatic rings. The fourth-order valence-electron chi connectivity index (χ4n) is 4.06. The average Bonchev–Trinajstić information content (AvgIpc) is 3.45. The molecule has 1 aliphatic heterocycles. The lowest BCUT2D eigenvalue weighted by atomic mass is 10.2. The lowest BCUT2D eigenvalue weighted by Crippen LogP contribution is -2.30. The molecule has 0 N–H and O–H groups in total. The second-order valence-electron chi connectivity index (χ2n) is 8.00. The normalized spacial score (nSPS) is 16.7. The van der Waals surface area contributed by atoms with E-state index in [4.69, 9.17) is 4.74 Å². The molecule has 0 spiro atoms. The Morgan fingerprint density at radius 3 is 2.59 bits per heavy atom. The average molecular weight is 514 g/mol. The number of sulfonamides is 1. The Kier molecular flexibility index (Phi) is 7.56. The molecule has 1 fully saturated rings. The van der Waals surface area contributed by atoms with Crippen LogP contribution < -0.4 is 0 Å². The number of halogens is 3. The van der Waals surface area contributed by atoms with Gasteiger partial charge in [0.15, 0.2) is 22.6 Å². The molecule has 184 valence electrons. The zero-order chi connectivity index (χ0) is 24.5. The minimum Gasteiger partial charge on any atom is -0.376 e. The number of fused-ring (bicyclic) bond motifs is 1. The Morgan fingerprint density at radius 2 is 1.91 bits per heavy atom. The van der Waals surface area contributed by atoms with Crippen molar-refractivity contribution in [1.29, 1.82) is 0 Å². The molecule has 0 radical (unpaired) electrons. The Morgan fingerprint density at radius 1 is 1.15 bits per heavy atom. The van der Waals surface area contributed by atoms with E-state index in [9.17, 15) is 21.6 Å². The molecule has 0 saturated carbocycles. The number of thioether (sulfide) groups is 1. The van der Waals surface area contributed by atoms with E-state index in [2.05, 4.69) is 4.98 Å². The molecule has 0 bridgehead atoms. The molecule has 0 amide bonds. The van der Waals surface area contributed by atoms with Crippen molar-refractivity contribution in [3.63, 3.8) is 0 Å². The van der Waals surface area contributed by atoms with Crippen LogP contribution >= 0.6 is 11.8 Å². The standard InChI is InChI=1S/C23H26F3N3O3S2/c1-3-28(4-2)34(30,31)17-8-10-20-19(12-17)27-23(29(20)13-16-6-5-11-32-16)33-14-15-7-9-18(24)22(26)21(15)25/h7-10,12,16H,3-6,11,13-14H2,1-2H3/t16-/m1/s1. The molecule has 3 aromatic rings. The molecular weight excluding hydrogens is 487 g/mol. The summed E-state index contributed by atoms with van der Waals surface area (Å²) < 4.78 is 76.1. The van der Waals surface area contributed by atoms with E-state index < -0.39 is 27.5 Å². The minimum absolute atomic E-state index is 0.0177. The molecule has 0 aliphatic carbocycles. The van der Waals surface area contributed by atoms with E-state index in [0.29, 0.717) is 36.9 Å². The second-order valence-corrected chi connectivity index (χ2v) is 10.9. The zero-order valence-electron chi connectivity index (χ0n) is 18.9. The van der Waals surface area contributed by atoms with E-state index in [-0.39, 0.29) is 22.3 Å². The fourth-order valence-corrected chi connectivity index (χ4v) is 6.54. The fraction of sp³-hybridized carbons (Fsp3) is 0.435. The van der Waals surface area contributed by atoms with Gasteiger partial charge < -0.3 is 9.30 Å². The Balaban J connectivity index is 1.71. The summed E-state index contributed by atoms with van der Waals surface area (Å²) in [6, 6.07) is 6.93. The molecular formula is C23H26F3N3O3S2. The highest BCUT2D eigenvalue weighted by Crippen LogP contribution is 2.31. The van der Waals surface area contributed by atoms with Crippen LogP contribution in [0.25, 0.3) is 11.0 Å². The summed E-state index contributed by atoms with van der Waals surface area (Å²) in [6.07, 6.45) is 1.82. The van der Waals surface area contributed by atoms with E-state index in [1.165, 1.54) is 28.2 Å². The van der Waals surface area contributed by atoms with Gasteiger partial charge in [-0.15, -0.1) is 0 Å². The van der Waals surface area contributed by atoms with Crippen LogP contribution in [0.2, 0.25) is 0 Å². The summed E-state index contributed by atoms with van der Waals surface area (Å²) in [5.74, 6) is -3.93. The Hall–Kier alpha value is -2.08. The third kappa shape index (κ3) is 4.84. The van der Waals surface area contributed by atoms with Crippen molar-refractivity contribution in [3.05, 3.63) is 53.3 Å². The van der Waals surface area contributed by atoms with Crippen molar-refractivity contribution < 1.29 is 26.3 Å². The van der Waals surface area contributed by atoms with Crippen molar-refractivity contribution in [2.45, 2.75) is 55.1 Å². The summed E-state index contributed by atoms with van der Waals surface area (Å²) in [4.78, 5) is 4.77. The van der Waals surface area contributed by atoms with Crippen molar-refractivity contribution in [2.75, 3.05) is 19.7 Å². The lowest BCUT2D eigenvalue weighted by Gasteiger charge is -2.18. The topological polar surface area (TPSA) is 64.4 Å². The van der Waals surface area contributed by atoms with Gasteiger partial charge in [-0.3, -0.25) is 0 Å². The number of nitrogens with zero attached hydrogens (tertiary/aromatic N) is 3. The molecule has 0 unspecified atom stereocenters. The highest BCUT2D eigenvalue weighted by molar-refractivity contribution is 7.98. The van der Waals surface area contributed by atoms with Gasteiger partial charge in [0.2, 0.25) is 10.0 Å². The lowest BCUT2D eigenvalue weighted by molar-refractivity contribution is 0.0960. The van der Waals surface area contributed by atoms with Crippen LogP contribution in [0.3, 0.4) is 0 Å². The smallest absolute Gasteiger partial charge is 0.243 e. The quantitative estimate of drug-likeness (QED) is 0.299. The van der Waals surface area contributed by atoms with Crippen molar-refractivity contribution in [1.82, 2.24) is 13.9 Å². The first-order valence-electron chi connectivity index (χ1n) is 11.1. The van der Waals surface area contributed by atoms with Crippen LogP contribution in [-0.4, -0.2) is 48.1 Å². The minimum atomic E-state index is -3.66. The highest BCUT2D eigenvalue weighted by Gasteiger charge is 2.25. The monoisotopic (exact) mass is 513 g/mol. The molecule has 6 nitrogen and oxygen atoms in total. The van der Waals surface area contributed by atoms with Crippen molar-refractivity contribution in [3.8, 4) is 0 Å². The van der Waals surface area contributed by atoms with Gasteiger partial charge in [-0.2, -0.15) is 4.31 Å². The van der Waals surface area contributed by atoms with Crippen LogP contribution in [0.5, 0.6) is 0 Å². The first-order valence-corrected chi connectivity index (χ1v) is 13.6. The van der Waals surface area contributed by atoms with Gasteiger partial charge in [0.1, 0.15) is 0 Å². The van der Waals surface area contributed by atoms with Crippen LogP contribution in [0.1, 0.15) is 32.3 Å². The highest BCUT2D eigenvalue weighted by atomic mass is 32.2. The number of ether oxygens (including phenoxy) is 1. The van der Waals surface area contributed by atoms with Gasteiger partial charge in [0.25, 0.3) is 0 Å². The van der Waals surface area contributed by atoms with Gasteiger partial charge in [0.05, 0.1) is 28.6 Å². The van der Waals surface area contributed by atoms with Gasteiger partial charge in [-0.1, -0.05) is 31.7 Å². The maximum atomic E-state index is 14.2. The maximum absolute atomic E-state index is 14.2. The first kappa shape index (κ1) is 25.0. The maximum Gasteiger partial charge on any atom is 0.243 e. The van der Waals surface area contributed by atoms with Gasteiger partial charge in [0, 0.05) is 31.0 Å². The first-order chi connectivity index (χ1) is 16.3. The molecule has 1 saturated heterocycles. The van der Waals surface area contributed by atoms with E-state index in [1.807, 2.05) is 4.57 Å². The molecule has 34 heavy (non-hydrogen) atoms. The van der Waals surface area contributed by atoms with Gasteiger partial charge >= 0.3 is 0 Å². The number of benzene rings is 2. The van der Waals surface area contributed by atoms with E-state index in [1.54, 1.807) is 26.0 Å². The molecule has 2 aromatic carbocycles. The molecule has 2 heterocycles. The largest absolute Gasteiger partial charge is 0.376 e. The SMILES string of the molecule is CCN(CC)S(=O)(=O)c1ccc2c(c1)nc(SCc1ccc(F)c(F)c1F)n2C[C@H]1CCCO1. The predicted octanol–water partition coefficient (Wildman–Crippen LogP) is 4.96. The predicted molar refractivity (Wildman–Crippen MR) is 125 cm³/mol. The van der Waals surface area contributed by atoms with Gasteiger partial charge in [-0.25, -0.2) is 26.6 Å². The van der Waals surface area contributed by atoms with Gasteiger partial charge in [-0.05, 0) is 37.1 Å². The van der Waals surface area contributed by atoms with Crippen LogP contribution in [0.15, 0.2) is 40.4 Å². The number of aromatic nitrogens is 2. The van der Waals surface area contributed by atoms with E-state index >= 15 is 0 Å². The van der Waals surface area contributed by atoms with E-state index in [0.717, 1.165) is 24.4 Å². The van der Waals surface area contributed by atoms with Crippen LogP contribution in [0.4, 0.5) is 13.2 Å². The summed E-state index contributed by atoms with van der Waals surface area (Å²) in [5, 5.41) is 0.520. The number of hydrogen-bond donors (Lipinski definition) is 0. The number of hydrogen-bond acceptors (Lipinski definition) is 5. The summed E-state index contributed by atoms with van der Waals surface area (Å²) in [5.41, 5.74) is 1.23. The molecule has 11 heteroatoms. The summed E-state index contributed by atoms with van der Waals surface area (Å²) in [6.45, 7) is 5.44. The second kappa shape index (κ2) is 10.3. The molecule has 1 aromatic heterocycles. The van der Waals surface area contributed by atoms with Crippen LogP contribution in [-0.2, 0) is 27.1 Å². The number of rotatable bonds is 9. The van der Waals surface area contributed by atoms with Crippen molar-refractivity contribution >= 4 is 32.8 Å². The Labute approximate surface area is 201 Å². The molecule has 4 rings (SSSR count). The number of imidazole rings is 1. The third-order valence-corrected chi connectivity index (χ3v) is 8.98. The van der Waals surface area contributed by atoms with Crippen molar-refractivity contribution in [2.24, 2.45) is 0 Å². The third-order valence-electron chi connectivity index (χ3n) is 5.91. The molecule has 1 atom stereocenters. The summed E-state index contributed by atoms with van der Waals surface area (Å²) >= 11 is 1.17.